The second-order valence-corrected chi connectivity index (χ2v) is 6.80. The van der Waals surface area contributed by atoms with Crippen LogP contribution in [0.15, 0.2) is 51.8 Å². The molecular formula is C16H18BrNS. The zero-order valence-electron chi connectivity index (χ0n) is 11.2. The molecule has 100 valence electrons. The van der Waals surface area contributed by atoms with E-state index in [1.807, 2.05) is 12.1 Å². The maximum atomic E-state index is 6.00. The molecule has 0 saturated heterocycles. The largest absolute Gasteiger partial charge is 0.398 e. The van der Waals surface area contributed by atoms with Crippen molar-refractivity contribution in [2.75, 3.05) is 5.73 Å². The minimum atomic E-state index is 0.587. The van der Waals surface area contributed by atoms with Gasteiger partial charge < -0.3 is 5.73 Å². The highest BCUT2D eigenvalue weighted by Crippen LogP contribution is 2.30. The summed E-state index contributed by atoms with van der Waals surface area (Å²) >= 11 is 5.20. The molecule has 0 atom stereocenters. The number of anilines is 1. The second kappa shape index (κ2) is 6.49. The zero-order chi connectivity index (χ0) is 13.8. The maximum absolute atomic E-state index is 6.00. The average molecular weight is 336 g/mol. The Morgan fingerprint density at radius 1 is 1.11 bits per heavy atom. The summed E-state index contributed by atoms with van der Waals surface area (Å²) in [7, 11) is 0. The first-order chi connectivity index (χ1) is 9.06. The van der Waals surface area contributed by atoms with Crippen LogP contribution in [0.1, 0.15) is 30.9 Å². The molecule has 2 aromatic carbocycles. The Morgan fingerprint density at radius 3 is 2.37 bits per heavy atom. The number of rotatable bonds is 4. The van der Waals surface area contributed by atoms with Gasteiger partial charge in [-0.15, -0.1) is 11.8 Å². The van der Waals surface area contributed by atoms with E-state index in [-0.39, 0.29) is 0 Å². The van der Waals surface area contributed by atoms with Crippen LogP contribution in [0.3, 0.4) is 0 Å². The van der Waals surface area contributed by atoms with Crippen LogP contribution in [-0.2, 0) is 5.75 Å². The number of benzene rings is 2. The molecule has 0 aliphatic heterocycles. The zero-order valence-corrected chi connectivity index (χ0v) is 13.6. The third kappa shape index (κ3) is 4.02. The molecule has 0 aliphatic rings. The molecule has 0 amide bonds. The molecule has 0 heterocycles. The van der Waals surface area contributed by atoms with E-state index in [1.165, 1.54) is 11.1 Å². The van der Waals surface area contributed by atoms with Crippen molar-refractivity contribution in [3.8, 4) is 0 Å². The van der Waals surface area contributed by atoms with E-state index in [0.29, 0.717) is 5.92 Å². The summed E-state index contributed by atoms with van der Waals surface area (Å²) in [6.45, 7) is 4.43. The smallest absolute Gasteiger partial charge is 0.0463 e. The topological polar surface area (TPSA) is 26.0 Å². The van der Waals surface area contributed by atoms with Crippen LogP contribution in [0, 0.1) is 0 Å². The number of nitrogen functional groups attached to an aromatic ring is 1. The van der Waals surface area contributed by atoms with Crippen LogP contribution in [0.5, 0.6) is 0 Å². The van der Waals surface area contributed by atoms with Gasteiger partial charge in [0, 0.05) is 20.8 Å². The lowest BCUT2D eigenvalue weighted by molar-refractivity contribution is 0.866. The van der Waals surface area contributed by atoms with Gasteiger partial charge in [0.15, 0.2) is 0 Å². The lowest BCUT2D eigenvalue weighted by atomic mass is 10.0. The number of hydrogen-bond donors (Lipinski definition) is 1. The highest BCUT2D eigenvalue weighted by molar-refractivity contribution is 9.10. The van der Waals surface area contributed by atoms with Gasteiger partial charge in [0.25, 0.3) is 0 Å². The minimum Gasteiger partial charge on any atom is -0.398 e. The molecule has 0 spiro atoms. The summed E-state index contributed by atoms with van der Waals surface area (Å²) in [6, 6.07) is 14.9. The third-order valence-corrected chi connectivity index (χ3v) is 4.67. The predicted octanol–water partition coefficient (Wildman–Crippen LogP) is 5.45. The van der Waals surface area contributed by atoms with Gasteiger partial charge >= 0.3 is 0 Å². The Morgan fingerprint density at radius 2 is 1.79 bits per heavy atom. The maximum Gasteiger partial charge on any atom is 0.0463 e. The molecule has 0 radical (unpaired) electrons. The van der Waals surface area contributed by atoms with E-state index < -0.39 is 0 Å². The Hall–Kier alpha value is -0.930. The van der Waals surface area contributed by atoms with Crippen LogP contribution in [0.2, 0.25) is 0 Å². The summed E-state index contributed by atoms with van der Waals surface area (Å²) in [4.78, 5) is 1.14. The third-order valence-electron chi connectivity index (χ3n) is 3.01. The molecule has 1 nitrogen and oxygen atoms in total. The first-order valence-corrected chi connectivity index (χ1v) is 8.11. The normalized spacial score (nSPS) is 10.9. The van der Waals surface area contributed by atoms with Crippen molar-refractivity contribution in [3.63, 3.8) is 0 Å². The fraction of sp³-hybridized carbons (Fsp3) is 0.250. The van der Waals surface area contributed by atoms with Crippen molar-refractivity contribution >= 4 is 33.4 Å². The summed E-state index contributed by atoms with van der Waals surface area (Å²) in [5.41, 5.74) is 9.55. The monoisotopic (exact) mass is 335 g/mol. The molecule has 19 heavy (non-hydrogen) atoms. The van der Waals surface area contributed by atoms with Gasteiger partial charge in [-0.25, -0.2) is 0 Å². The standard InChI is InChI=1S/C16H18BrNS/c1-11(2)13-5-3-12(4-6-13)10-19-16-8-7-14(17)9-15(16)18/h3-9,11H,10,18H2,1-2H3. The van der Waals surface area contributed by atoms with Crippen molar-refractivity contribution in [2.24, 2.45) is 0 Å². The Labute approximate surface area is 127 Å². The molecule has 2 aromatic rings. The van der Waals surface area contributed by atoms with E-state index in [2.05, 4.69) is 60.1 Å². The minimum absolute atomic E-state index is 0.587. The molecule has 0 aromatic heterocycles. The first kappa shape index (κ1) is 14.5. The predicted molar refractivity (Wildman–Crippen MR) is 88.6 cm³/mol. The van der Waals surface area contributed by atoms with E-state index in [1.54, 1.807) is 11.8 Å². The highest BCUT2D eigenvalue weighted by atomic mass is 79.9. The van der Waals surface area contributed by atoms with Crippen LogP contribution in [0.25, 0.3) is 0 Å². The van der Waals surface area contributed by atoms with Crippen LogP contribution in [0.4, 0.5) is 5.69 Å². The van der Waals surface area contributed by atoms with E-state index in [0.717, 1.165) is 20.8 Å². The van der Waals surface area contributed by atoms with Gasteiger partial charge in [0.2, 0.25) is 0 Å². The van der Waals surface area contributed by atoms with Gasteiger partial charge in [-0.3, -0.25) is 0 Å². The molecule has 0 bridgehead atoms. The quantitative estimate of drug-likeness (QED) is 0.594. The lowest BCUT2D eigenvalue weighted by Gasteiger charge is -2.08. The van der Waals surface area contributed by atoms with Gasteiger partial charge in [0.05, 0.1) is 0 Å². The molecule has 3 heteroatoms. The Balaban J connectivity index is 2.02. The lowest BCUT2D eigenvalue weighted by Crippen LogP contribution is -1.90. The van der Waals surface area contributed by atoms with E-state index in [4.69, 9.17) is 5.73 Å². The van der Waals surface area contributed by atoms with Gasteiger partial charge in [0.1, 0.15) is 0 Å². The number of hydrogen-bond acceptors (Lipinski definition) is 2. The van der Waals surface area contributed by atoms with Crippen molar-refractivity contribution in [1.82, 2.24) is 0 Å². The molecule has 2 N–H and O–H groups in total. The second-order valence-electron chi connectivity index (χ2n) is 4.87. The fourth-order valence-corrected chi connectivity index (χ4v) is 3.09. The first-order valence-electron chi connectivity index (χ1n) is 6.33. The van der Waals surface area contributed by atoms with Crippen LogP contribution in [-0.4, -0.2) is 0 Å². The van der Waals surface area contributed by atoms with Crippen LogP contribution < -0.4 is 5.73 Å². The summed E-state index contributed by atoms with van der Waals surface area (Å²) in [5.74, 6) is 1.54. The number of nitrogens with two attached hydrogens (primary N) is 1. The molecule has 0 fully saturated rings. The SMILES string of the molecule is CC(C)c1ccc(CSc2ccc(Br)cc2N)cc1. The molecule has 2 rings (SSSR count). The van der Waals surface area contributed by atoms with Gasteiger partial charge in [-0.05, 0) is 35.2 Å². The highest BCUT2D eigenvalue weighted by Gasteiger charge is 2.03. The van der Waals surface area contributed by atoms with E-state index >= 15 is 0 Å². The molecule has 0 saturated carbocycles. The number of halogens is 1. The van der Waals surface area contributed by atoms with Crippen molar-refractivity contribution < 1.29 is 0 Å². The number of thioether (sulfide) groups is 1. The fourth-order valence-electron chi connectivity index (χ4n) is 1.81. The van der Waals surface area contributed by atoms with Gasteiger partial charge in [-0.1, -0.05) is 54.0 Å². The summed E-state index contributed by atoms with van der Waals surface area (Å²) in [6.07, 6.45) is 0. The van der Waals surface area contributed by atoms with Crippen molar-refractivity contribution in [2.45, 2.75) is 30.4 Å². The molecular weight excluding hydrogens is 318 g/mol. The summed E-state index contributed by atoms with van der Waals surface area (Å²) in [5, 5.41) is 0. The molecule has 0 unspecified atom stereocenters. The Kier molecular flexibility index (Phi) is 4.94. The Bertz CT molecular complexity index is 549. The summed E-state index contributed by atoms with van der Waals surface area (Å²) < 4.78 is 1.02. The van der Waals surface area contributed by atoms with Crippen LogP contribution >= 0.6 is 27.7 Å². The van der Waals surface area contributed by atoms with Crippen molar-refractivity contribution in [1.29, 1.82) is 0 Å². The van der Waals surface area contributed by atoms with Crippen molar-refractivity contribution in [3.05, 3.63) is 58.1 Å². The van der Waals surface area contributed by atoms with E-state index in [9.17, 15) is 0 Å². The van der Waals surface area contributed by atoms with Gasteiger partial charge in [-0.2, -0.15) is 0 Å². The molecule has 0 aliphatic carbocycles. The average Bonchev–Trinajstić information content (AvgIpc) is 2.38.